The third-order valence-corrected chi connectivity index (χ3v) is 9.57. The molecule has 10 atom stereocenters. The molecule has 0 aromatic rings. The van der Waals surface area contributed by atoms with Crippen LogP contribution in [-0.2, 0) is 24.4 Å². The van der Waals surface area contributed by atoms with Gasteiger partial charge in [-0.2, -0.15) is 8.42 Å². The summed E-state index contributed by atoms with van der Waals surface area (Å²) in [5.41, 5.74) is 0. The fourth-order valence-corrected chi connectivity index (χ4v) is 8.17. The normalized spacial score (nSPS) is 45.8. The van der Waals surface area contributed by atoms with E-state index in [4.69, 9.17) is 14.0 Å². The first-order valence-corrected chi connectivity index (χ1v) is 12.9. The molecule has 0 heterocycles. The maximum absolute atomic E-state index is 11.2. The molecule has 4 fully saturated rings. The zero-order valence-electron chi connectivity index (χ0n) is 17.8. The van der Waals surface area contributed by atoms with Gasteiger partial charge in [-0.3, -0.25) is 9.35 Å². The summed E-state index contributed by atoms with van der Waals surface area (Å²) in [6.45, 7) is 7.34. The Morgan fingerprint density at radius 1 is 0.931 bits per heavy atom. The topological polar surface area (TPSA) is 89.9 Å². The maximum atomic E-state index is 11.2. The molecule has 4 aliphatic rings. The Labute approximate surface area is 174 Å². The minimum atomic E-state index is -4.05. The number of rotatable bonds is 8. The fourth-order valence-electron chi connectivity index (χ4n) is 7.86. The van der Waals surface area contributed by atoms with Crippen LogP contribution in [-0.4, -0.2) is 38.1 Å². The van der Waals surface area contributed by atoms with Crippen molar-refractivity contribution in [1.29, 1.82) is 0 Å². The summed E-state index contributed by atoms with van der Waals surface area (Å²) < 4.78 is 41.4. The van der Waals surface area contributed by atoms with Gasteiger partial charge in [0.1, 0.15) is 0 Å². The van der Waals surface area contributed by atoms with Gasteiger partial charge in [-0.25, -0.2) is 0 Å². The fraction of sp³-hybridized carbons (Fsp3) is 0.955. The van der Waals surface area contributed by atoms with Crippen LogP contribution in [0.5, 0.6) is 0 Å². The van der Waals surface area contributed by atoms with Gasteiger partial charge < -0.3 is 9.47 Å². The summed E-state index contributed by atoms with van der Waals surface area (Å²) in [7, 11) is -4.05. The number of fused-ring (bicyclic) bond motifs is 4. The van der Waals surface area contributed by atoms with Crippen LogP contribution in [0.25, 0.3) is 0 Å². The Hall–Kier alpha value is -0.660. The highest BCUT2D eigenvalue weighted by Crippen LogP contribution is 2.62. The Bertz CT molecular complexity index is 719. The highest BCUT2D eigenvalue weighted by Gasteiger charge is 2.55. The predicted molar refractivity (Wildman–Crippen MR) is 108 cm³/mol. The van der Waals surface area contributed by atoms with Crippen LogP contribution in [0.1, 0.15) is 52.9 Å². The van der Waals surface area contributed by atoms with Crippen molar-refractivity contribution in [3.8, 4) is 0 Å². The molecule has 1 N–H and O–H groups in total. The summed E-state index contributed by atoms with van der Waals surface area (Å²) in [5.74, 6) is 5.90. The first-order chi connectivity index (χ1) is 13.6. The SMILES string of the molecule is CC(=O)OCC1C[C@@H]2C[C@H]1C(C)C2CC1C(C)[C@H]2CC(COCS(=O)(=O)O)[C@@H]1C2. The molecule has 0 aliphatic heterocycles. The second-order valence-corrected chi connectivity index (χ2v) is 11.9. The molecule has 0 amide bonds. The van der Waals surface area contributed by atoms with Gasteiger partial charge in [0.2, 0.25) is 0 Å². The number of hydrogen-bond acceptors (Lipinski definition) is 5. The third kappa shape index (κ3) is 4.38. The van der Waals surface area contributed by atoms with E-state index in [9.17, 15) is 13.2 Å². The minimum absolute atomic E-state index is 0.171. The van der Waals surface area contributed by atoms with Gasteiger partial charge in [0.05, 0.1) is 13.2 Å². The lowest BCUT2D eigenvalue weighted by Crippen LogP contribution is -2.35. The van der Waals surface area contributed by atoms with Crippen LogP contribution in [0.3, 0.4) is 0 Å². The van der Waals surface area contributed by atoms with Crippen LogP contribution >= 0.6 is 0 Å². The second kappa shape index (κ2) is 8.12. The molecule has 166 valence electrons. The summed E-state index contributed by atoms with van der Waals surface area (Å²) in [6.07, 6.45) is 6.14. The maximum Gasteiger partial charge on any atom is 0.302 e. The van der Waals surface area contributed by atoms with Gasteiger partial charge in [-0.15, -0.1) is 0 Å². The molecule has 6 unspecified atom stereocenters. The monoisotopic (exact) mass is 428 g/mol. The van der Waals surface area contributed by atoms with Gasteiger partial charge in [0.25, 0.3) is 10.1 Å². The van der Waals surface area contributed by atoms with Crippen LogP contribution in [0.15, 0.2) is 0 Å². The van der Waals surface area contributed by atoms with Gasteiger partial charge >= 0.3 is 5.97 Å². The molecule has 29 heavy (non-hydrogen) atoms. The first-order valence-electron chi connectivity index (χ1n) is 11.3. The molecule has 6 nitrogen and oxygen atoms in total. The van der Waals surface area contributed by atoms with Crippen molar-refractivity contribution in [3.63, 3.8) is 0 Å². The van der Waals surface area contributed by atoms with Crippen molar-refractivity contribution < 1.29 is 27.2 Å². The van der Waals surface area contributed by atoms with E-state index in [0.717, 1.165) is 30.1 Å². The Morgan fingerprint density at radius 2 is 1.59 bits per heavy atom. The van der Waals surface area contributed by atoms with Gasteiger partial charge in [-0.1, -0.05) is 13.8 Å². The van der Waals surface area contributed by atoms with Crippen LogP contribution < -0.4 is 0 Å². The van der Waals surface area contributed by atoms with Crippen molar-refractivity contribution in [3.05, 3.63) is 0 Å². The zero-order valence-corrected chi connectivity index (χ0v) is 18.6. The van der Waals surface area contributed by atoms with E-state index in [1.165, 1.54) is 32.6 Å². The van der Waals surface area contributed by atoms with E-state index >= 15 is 0 Å². The predicted octanol–water partition coefficient (Wildman–Crippen LogP) is 3.62. The molecule has 0 aromatic carbocycles. The molecule has 4 aliphatic carbocycles. The Kier molecular flexibility index (Phi) is 6.04. The summed E-state index contributed by atoms with van der Waals surface area (Å²) in [4.78, 5) is 11.2. The van der Waals surface area contributed by atoms with Crippen LogP contribution in [0.2, 0.25) is 0 Å². The molecule has 7 heteroatoms. The average molecular weight is 429 g/mol. The van der Waals surface area contributed by atoms with Gasteiger partial charge in [-0.05, 0) is 91.3 Å². The molecule has 4 rings (SSSR count). The smallest absolute Gasteiger partial charge is 0.302 e. The van der Waals surface area contributed by atoms with Crippen LogP contribution in [0, 0.1) is 59.2 Å². The van der Waals surface area contributed by atoms with Crippen LogP contribution in [0.4, 0.5) is 0 Å². The molecular formula is C22H36O6S. The summed E-state index contributed by atoms with van der Waals surface area (Å²) in [6, 6.07) is 0. The Balaban J connectivity index is 1.33. The number of esters is 1. The zero-order chi connectivity index (χ0) is 20.9. The summed E-state index contributed by atoms with van der Waals surface area (Å²) >= 11 is 0. The number of carbonyl (C=O) groups excluding carboxylic acids is 1. The standard InChI is InChI=1S/C22H36O6S/c1-12-15-4-17(9-27-11-29(24,25)26)22(6-15)21(12)8-20-13(2)19-7-16(20)5-18(19)10-28-14(3)23/h12-13,15-22H,4-11H2,1-3H3,(H,24,25,26)/t12?,13?,15-,16+,17?,18?,19-,20?,21?,22-/m0/s1. The molecule has 0 spiro atoms. The third-order valence-electron chi connectivity index (χ3n) is 9.11. The lowest BCUT2D eigenvalue weighted by molar-refractivity contribution is -0.143. The van der Waals surface area contributed by atoms with E-state index in [0.29, 0.717) is 48.7 Å². The largest absolute Gasteiger partial charge is 0.466 e. The van der Waals surface area contributed by atoms with Crippen molar-refractivity contribution in [2.75, 3.05) is 19.2 Å². The second-order valence-electron chi connectivity index (χ2n) is 10.5. The molecular weight excluding hydrogens is 392 g/mol. The Morgan fingerprint density at radius 3 is 2.21 bits per heavy atom. The quantitative estimate of drug-likeness (QED) is 0.469. The highest BCUT2D eigenvalue weighted by atomic mass is 32.2. The van der Waals surface area contributed by atoms with Crippen molar-refractivity contribution >= 4 is 16.1 Å². The number of ether oxygens (including phenoxy) is 2. The first kappa shape index (κ1) is 21.6. The van der Waals surface area contributed by atoms with Crippen molar-refractivity contribution in [2.24, 2.45) is 59.2 Å². The lowest BCUT2D eigenvalue weighted by Gasteiger charge is -2.40. The molecule has 0 saturated heterocycles. The highest BCUT2D eigenvalue weighted by molar-refractivity contribution is 7.85. The lowest BCUT2D eigenvalue weighted by atomic mass is 9.66. The molecule has 0 aromatic heterocycles. The molecule has 4 saturated carbocycles. The van der Waals surface area contributed by atoms with E-state index in [2.05, 4.69) is 13.8 Å². The average Bonchev–Trinajstić information content (AvgIpc) is 3.35. The van der Waals surface area contributed by atoms with E-state index in [-0.39, 0.29) is 5.97 Å². The van der Waals surface area contributed by atoms with E-state index in [1.54, 1.807) is 0 Å². The summed E-state index contributed by atoms with van der Waals surface area (Å²) in [5, 5.41) is 0. The molecule has 4 bridgehead atoms. The molecule has 0 radical (unpaired) electrons. The van der Waals surface area contributed by atoms with E-state index in [1.807, 2.05) is 0 Å². The van der Waals surface area contributed by atoms with Crippen molar-refractivity contribution in [2.45, 2.75) is 52.9 Å². The minimum Gasteiger partial charge on any atom is -0.466 e. The van der Waals surface area contributed by atoms with Crippen molar-refractivity contribution in [1.82, 2.24) is 0 Å². The number of carbonyl (C=O) groups is 1. The van der Waals surface area contributed by atoms with E-state index < -0.39 is 16.1 Å². The van der Waals surface area contributed by atoms with Gasteiger partial charge in [0, 0.05) is 6.92 Å². The number of hydrogen-bond donors (Lipinski definition) is 1. The van der Waals surface area contributed by atoms with Gasteiger partial charge in [0.15, 0.2) is 5.94 Å².